The first kappa shape index (κ1) is 7.57. The Balaban J connectivity index is 2.27. The standard InChI is InChI=1S/C7H6O4S/c8-12(9)7-10-5-3-1-2-4-6(5)11-7/h1-4,7H,(H,8,9). The van der Waals surface area contributed by atoms with Crippen LogP contribution in [0.2, 0.25) is 0 Å². The van der Waals surface area contributed by atoms with Crippen LogP contribution in [0, 0.1) is 0 Å². The highest BCUT2D eigenvalue weighted by Gasteiger charge is 2.28. The van der Waals surface area contributed by atoms with Crippen LogP contribution in [-0.4, -0.2) is 14.4 Å². The van der Waals surface area contributed by atoms with Crippen LogP contribution >= 0.6 is 0 Å². The van der Waals surface area contributed by atoms with E-state index in [1.165, 1.54) is 0 Å². The fourth-order valence-corrected chi connectivity index (χ4v) is 1.33. The third kappa shape index (κ3) is 1.17. The molecule has 1 unspecified atom stereocenters. The number of hydrogen-bond acceptors (Lipinski definition) is 3. The van der Waals surface area contributed by atoms with Gasteiger partial charge in [-0.2, -0.15) is 0 Å². The zero-order valence-electron chi connectivity index (χ0n) is 5.97. The summed E-state index contributed by atoms with van der Waals surface area (Å²) in [4.78, 5) is 0. The van der Waals surface area contributed by atoms with Gasteiger partial charge >= 0.3 is 5.62 Å². The summed E-state index contributed by atoms with van der Waals surface area (Å²) < 4.78 is 29.2. The summed E-state index contributed by atoms with van der Waals surface area (Å²) in [6.45, 7) is 0. The van der Waals surface area contributed by atoms with Crippen LogP contribution in [0.15, 0.2) is 24.3 Å². The predicted molar refractivity (Wildman–Crippen MR) is 42.3 cm³/mol. The van der Waals surface area contributed by atoms with E-state index in [1.54, 1.807) is 24.3 Å². The maximum absolute atomic E-state index is 10.5. The summed E-state index contributed by atoms with van der Waals surface area (Å²) in [5.74, 6) is 1.01. The molecular weight excluding hydrogens is 180 g/mol. The molecule has 12 heavy (non-hydrogen) atoms. The van der Waals surface area contributed by atoms with Crippen molar-refractivity contribution in [2.24, 2.45) is 0 Å². The molecule has 0 saturated heterocycles. The molecule has 5 heteroatoms. The smallest absolute Gasteiger partial charge is 0.345 e. The molecule has 1 aliphatic rings. The quantitative estimate of drug-likeness (QED) is 0.664. The predicted octanol–water partition coefficient (Wildman–Crippen LogP) is 0.963. The molecule has 0 amide bonds. The van der Waals surface area contributed by atoms with Crippen molar-refractivity contribution in [3.05, 3.63) is 24.3 Å². The third-order valence-electron chi connectivity index (χ3n) is 1.46. The minimum atomic E-state index is -2.11. The van der Waals surface area contributed by atoms with E-state index in [0.29, 0.717) is 11.5 Å². The van der Waals surface area contributed by atoms with E-state index in [9.17, 15) is 4.21 Å². The molecule has 64 valence electrons. The minimum Gasteiger partial charge on any atom is -0.438 e. The Hall–Kier alpha value is -1.07. The Morgan fingerprint density at radius 2 is 1.75 bits per heavy atom. The topological polar surface area (TPSA) is 55.8 Å². The SMILES string of the molecule is O=S(O)C1Oc2ccccc2O1. The first-order valence-electron chi connectivity index (χ1n) is 3.29. The summed E-state index contributed by atoms with van der Waals surface area (Å²) in [7, 11) is 0. The second-order valence-corrected chi connectivity index (χ2v) is 3.18. The van der Waals surface area contributed by atoms with Gasteiger partial charge in [0.2, 0.25) is 11.1 Å². The molecule has 1 aromatic rings. The Morgan fingerprint density at radius 1 is 1.25 bits per heavy atom. The number of ether oxygens (including phenoxy) is 2. The van der Waals surface area contributed by atoms with Crippen LogP contribution < -0.4 is 9.47 Å². The number of fused-ring (bicyclic) bond motifs is 1. The van der Waals surface area contributed by atoms with Crippen molar-refractivity contribution in [3.63, 3.8) is 0 Å². The maximum atomic E-state index is 10.5. The fourth-order valence-electron chi connectivity index (χ4n) is 0.959. The Bertz CT molecular complexity index is 300. The molecule has 2 rings (SSSR count). The van der Waals surface area contributed by atoms with Crippen molar-refractivity contribution in [2.75, 3.05) is 0 Å². The molecule has 0 bridgehead atoms. The van der Waals surface area contributed by atoms with Crippen molar-refractivity contribution in [2.45, 2.75) is 5.62 Å². The van der Waals surface area contributed by atoms with Gasteiger partial charge in [0.1, 0.15) is 0 Å². The van der Waals surface area contributed by atoms with Crippen LogP contribution in [0.3, 0.4) is 0 Å². The van der Waals surface area contributed by atoms with Gasteiger partial charge in [0.05, 0.1) is 0 Å². The molecule has 0 aromatic heterocycles. The van der Waals surface area contributed by atoms with E-state index >= 15 is 0 Å². The average Bonchev–Trinajstić information content (AvgIpc) is 2.46. The van der Waals surface area contributed by atoms with Crippen molar-refractivity contribution >= 4 is 11.1 Å². The second-order valence-electron chi connectivity index (χ2n) is 2.25. The lowest BCUT2D eigenvalue weighted by molar-refractivity contribution is 0.122. The number of hydrogen-bond donors (Lipinski definition) is 1. The molecule has 1 aromatic carbocycles. The van der Waals surface area contributed by atoms with Gasteiger partial charge in [-0.15, -0.1) is 0 Å². The molecule has 0 spiro atoms. The highest BCUT2D eigenvalue weighted by Crippen LogP contribution is 2.34. The van der Waals surface area contributed by atoms with Gasteiger partial charge in [0.25, 0.3) is 0 Å². The van der Waals surface area contributed by atoms with Gasteiger partial charge in [-0.25, -0.2) is 4.21 Å². The summed E-state index contributed by atoms with van der Waals surface area (Å²) in [5, 5.41) is 0. The van der Waals surface area contributed by atoms with Gasteiger partial charge in [-0.05, 0) is 12.1 Å². The molecule has 1 heterocycles. The van der Waals surface area contributed by atoms with E-state index in [0.717, 1.165) is 0 Å². The van der Waals surface area contributed by atoms with Crippen LogP contribution in [0.5, 0.6) is 11.5 Å². The average molecular weight is 186 g/mol. The molecule has 0 fully saturated rings. The van der Waals surface area contributed by atoms with Crippen LogP contribution in [0.25, 0.3) is 0 Å². The number of rotatable bonds is 1. The zero-order valence-corrected chi connectivity index (χ0v) is 6.78. The summed E-state index contributed by atoms with van der Waals surface area (Å²) in [6, 6.07) is 6.90. The molecule has 1 N–H and O–H groups in total. The highest BCUT2D eigenvalue weighted by atomic mass is 32.2. The lowest BCUT2D eigenvalue weighted by atomic mass is 10.3. The molecule has 1 aliphatic heterocycles. The van der Waals surface area contributed by atoms with Crippen LogP contribution in [-0.2, 0) is 11.1 Å². The van der Waals surface area contributed by atoms with Crippen molar-refractivity contribution in [1.29, 1.82) is 0 Å². The van der Waals surface area contributed by atoms with Crippen molar-refractivity contribution in [3.8, 4) is 11.5 Å². The van der Waals surface area contributed by atoms with Gasteiger partial charge in [-0.3, -0.25) is 0 Å². The largest absolute Gasteiger partial charge is 0.438 e. The maximum Gasteiger partial charge on any atom is 0.345 e. The Labute approximate surface area is 71.4 Å². The molecule has 0 saturated carbocycles. The Morgan fingerprint density at radius 3 is 2.17 bits per heavy atom. The zero-order chi connectivity index (χ0) is 8.55. The summed E-state index contributed by atoms with van der Waals surface area (Å²) >= 11 is -2.11. The van der Waals surface area contributed by atoms with Gasteiger partial charge in [-0.1, -0.05) is 12.1 Å². The summed E-state index contributed by atoms with van der Waals surface area (Å²) in [6.07, 6.45) is 0. The fraction of sp³-hybridized carbons (Fsp3) is 0.143. The first-order chi connectivity index (χ1) is 5.77. The normalized spacial score (nSPS) is 17.8. The Kier molecular flexibility index (Phi) is 1.74. The van der Waals surface area contributed by atoms with Crippen molar-refractivity contribution < 1.29 is 18.2 Å². The first-order valence-corrected chi connectivity index (χ1v) is 4.46. The molecular formula is C7H6O4S. The molecule has 0 aliphatic carbocycles. The van der Waals surface area contributed by atoms with Gasteiger partial charge in [0, 0.05) is 0 Å². The second kappa shape index (κ2) is 2.76. The van der Waals surface area contributed by atoms with E-state index < -0.39 is 16.7 Å². The molecule has 1 atom stereocenters. The van der Waals surface area contributed by atoms with E-state index in [4.69, 9.17) is 14.0 Å². The monoisotopic (exact) mass is 186 g/mol. The van der Waals surface area contributed by atoms with Crippen LogP contribution in [0.4, 0.5) is 0 Å². The third-order valence-corrected chi connectivity index (χ3v) is 1.98. The van der Waals surface area contributed by atoms with Crippen LogP contribution in [0.1, 0.15) is 0 Å². The summed E-state index contributed by atoms with van der Waals surface area (Å²) in [5.41, 5.74) is -1.08. The highest BCUT2D eigenvalue weighted by molar-refractivity contribution is 7.79. The van der Waals surface area contributed by atoms with E-state index in [1.807, 2.05) is 0 Å². The molecule has 0 radical (unpaired) electrons. The van der Waals surface area contributed by atoms with E-state index in [-0.39, 0.29) is 0 Å². The molecule has 4 nitrogen and oxygen atoms in total. The van der Waals surface area contributed by atoms with E-state index in [2.05, 4.69) is 0 Å². The minimum absolute atomic E-state index is 0.505. The van der Waals surface area contributed by atoms with Gasteiger partial charge in [0.15, 0.2) is 11.5 Å². The number of benzene rings is 1. The number of para-hydroxylation sites is 2. The van der Waals surface area contributed by atoms with Gasteiger partial charge < -0.3 is 14.0 Å². The lowest BCUT2D eigenvalue weighted by Gasteiger charge is -2.02. The lowest BCUT2D eigenvalue weighted by Crippen LogP contribution is -2.23. The van der Waals surface area contributed by atoms with Crippen molar-refractivity contribution in [1.82, 2.24) is 0 Å².